The number of aryl methyl sites for hydroxylation is 3. The van der Waals surface area contributed by atoms with Gasteiger partial charge in [0.2, 0.25) is 0 Å². The fourth-order valence-electron chi connectivity index (χ4n) is 3.06. The van der Waals surface area contributed by atoms with Gasteiger partial charge in [0.05, 0.1) is 30.9 Å². The Morgan fingerprint density at radius 3 is 1.73 bits per heavy atom. The van der Waals surface area contributed by atoms with Gasteiger partial charge in [-0.05, 0) is 56.7 Å². The fourth-order valence-corrected chi connectivity index (χ4v) is 3.06. The molecule has 0 spiro atoms. The smallest absolute Gasteiger partial charge is 0.152 e. The van der Waals surface area contributed by atoms with Crippen LogP contribution in [0.3, 0.4) is 0 Å². The Bertz CT molecular complexity index is 1260. The van der Waals surface area contributed by atoms with Crippen LogP contribution in [0, 0.1) is 20.8 Å². The summed E-state index contributed by atoms with van der Waals surface area (Å²) in [5.41, 5.74) is 10.5. The highest BCUT2D eigenvalue weighted by atomic mass is 16.5. The quantitative estimate of drug-likeness (QED) is 0.354. The highest BCUT2D eigenvalue weighted by Crippen LogP contribution is 2.33. The molecule has 0 saturated carbocycles. The summed E-state index contributed by atoms with van der Waals surface area (Å²) >= 11 is 0. The number of aromatic nitrogens is 4. The maximum Gasteiger partial charge on any atom is 0.152 e. The number of benzene rings is 2. The van der Waals surface area contributed by atoms with Crippen LogP contribution in [0.25, 0.3) is 0 Å². The minimum Gasteiger partial charge on any atom is -0.494 e. The fraction of sp³-hybridized carbons (Fsp3) is 0.167. The predicted molar refractivity (Wildman–Crippen MR) is 125 cm³/mol. The van der Waals surface area contributed by atoms with E-state index in [9.17, 15) is 0 Å². The van der Waals surface area contributed by atoms with E-state index in [1.807, 2.05) is 51.1 Å². The second kappa shape index (κ2) is 9.82. The Balaban J connectivity index is 1.44. The molecule has 2 aromatic carbocycles. The Labute approximate surface area is 191 Å². The molecule has 0 fully saturated rings. The molecule has 4 rings (SSSR count). The van der Waals surface area contributed by atoms with Gasteiger partial charge in [0.1, 0.15) is 28.6 Å². The van der Waals surface area contributed by atoms with Crippen LogP contribution in [0.4, 0.5) is 11.4 Å². The number of hydrogen-bond acceptors (Lipinski definition) is 9. The largest absolute Gasteiger partial charge is 0.494 e. The summed E-state index contributed by atoms with van der Waals surface area (Å²) in [4.78, 5) is 0. The zero-order valence-electron chi connectivity index (χ0n) is 18.8. The summed E-state index contributed by atoms with van der Waals surface area (Å²) in [5.74, 6) is 3.29. The van der Waals surface area contributed by atoms with Crippen LogP contribution in [-0.2, 0) is 0 Å². The zero-order valence-corrected chi connectivity index (χ0v) is 18.8. The number of rotatable bonds is 8. The summed E-state index contributed by atoms with van der Waals surface area (Å²) in [6, 6.07) is 14.9. The molecule has 0 aliphatic rings. The van der Waals surface area contributed by atoms with Crippen molar-refractivity contribution >= 4 is 11.4 Å². The number of anilines is 2. The lowest BCUT2D eigenvalue weighted by molar-refractivity contribution is 0.410. The van der Waals surface area contributed by atoms with Crippen molar-refractivity contribution in [2.45, 2.75) is 20.8 Å². The van der Waals surface area contributed by atoms with Gasteiger partial charge in [0.15, 0.2) is 11.5 Å². The van der Waals surface area contributed by atoms with Crippen LogP contribution < -0.4 is 25.1 Å². The zero-order chi connectivity index (χ0) is 23.2. The second-order valence-electron chi connectivity index (χ2n) is 7.25. The molecular formula is C24H24N6O3. The Kier molecular flexibility index (Phi) is 6.49. The summed E-state index contributed by atoms with van der Waals surface area (Å²) in [7, 11) is 1.61. The van der Waals surface area contributed by atoms with E-state index in [-0.39, 0.29) is 0 Å². The van der Waals surface area contributed by atoms with Crippen molar-refractivity contribution in [3.63, 3.8) is 0 Å². The molecule has 0 saturated heterocycles. The standard InChI is InChI=1S/C24H24N6O3/c1-15-13-18(32-22-9-11-25-27-16(22)2)5-7-20(15)29-30-21-8-6-19(14-24(21)31-4)33-23-10-12-26-28-17(23)3/h5-14,29-30H,1-4H3. The second-order valence-corrected chi connectivity index (χ2v) is 7.25. The molecule has 0 radical (unpaired) electrons. The third-order valence-corrected chi connectivity index (χ3v) is 4.87. The van der Waals surface area contributed by atoms with Crippen molar-refractivity contribution in [1.82, 2.24) is 20.4 Å². The van der Waals surface area contributed by atoms with Crippen LogP contribution in [0.15, 0.2) is 60.9 Å². The first kappa shape index (κ1) is 21.8. The van der Waals surface area contributed by atoms with Gasteiger partial charge in [-0.15, -0.1) is 0 Å². The lowest BCUT2D eigenvalue weighted by atomic mass is 10.2. The van der Waals surface area contributed by atoms with Gasteiger partial charge >= 0.3 is 0 Å². The average Bonchev–Trinajstić information content (AvgIpc) is 2.82. The van der Waals surface area contributed by atoms with Gasteiger partial charge in [0.25, 0.3) is 0 Å². The molecular weight excluding hydrogens is 420 g/mol. The summed E-state index contributed by atoms with van der Waals surface area (Å²) in [5, 5.41) is 15.7. The highest BCUT2D eigenvalue weighted by molar-refractivity contribution is 5.64. The SMILES string of the molecule is COc1cc(Oc2ccnnc2C)ccc1NNc1ccc(Oc2ccnnc2C)cc1C. The van der Waals surface area contributed by atoms with Crippen LogP contribution >= 0.6 is 0 Å². The molecule has 33 heavy (non-hydrogen) atoms. The van der Waals surface area contributed by atoms with Crippen LogP contribution in [0.1, 0.15) is 17.0 Å². The predicted octanol–water partition coefficient (Wildman–Crippen LogP) is 5.22. The topological polar surface area (TPSA) is 103 Å². The normalized spacial score (nSPS) is 10.4. The van der Waals surface area contributed by atoms with Crippen molar-refractivity contribution < 1.29 is 14.2 Å². The van der Waals surface area contributed by atoms with Gasteiger partial charge < -0.3 is 19.6 Å². The van der Waals surface area contributed by atoms with Gasteiger partial charge in [0, 0.05) is 18.2 Å². The number of nitrogens with zero attached hydrogens (tertiary/aromatic N) is 4. The monoisotopic (exact) mass is 444 g/mol. The first-order valence-corrected chi connectivity index (χ1v) is 10.3. The third kappa shape index (κ3) is 5.27. The maximum atomic E-state index is 5.92. The number of methoxy groups -OCH3 is 1. The minimum atomic E-state index is 0.623. The van der Waals surface area contributed by atoms with Crippen LogP contribution in [0.5, 0.6) is 28.7 Å². The van der Waals surface area contributed by atoms with Gasteiger partial charge in [-0.1, -0.05) is 0 Å². The van der Waals surface area contributed by atoms with E-state index in [4.69, 9.17) is 14.2 Å². The molecule has 2 N–H and O–H groups in total. The van der Waals surface area contributed by atoms with Gasteiger partial charge in [-0.25, -0.2) is 0 Å². The molecule has 0 amide bonds. The number of nitrogens with one attached hydrogen (secondary N) is 2. The number of hydrogen-bond donors (Lipinski definition) is 2. The lowest BCUT2D eigenvalue weighted by Crippen LogP contribution is -2.10. The molecule has 9 nitrogen and oxygen atoms in total. The molecule has 0 aliphatic carbocycles. The van der Waals surface area contributed by atoms with E-state index < -0.39 is 0 Å². The van der Waals surface area contributed by atoms with Crippen molar-refractivity contribution in [2.75, 3.05) is 18.0 Å². The molecule has 0 bridgehead atoms. The summed E-state index contributed by atoms with van der Waals surface area (Å²) in [6.45, 7) is 5.69. The molecule has 2 heterocycles. The van der Waals surface area contributed by atoms with E-state index in [1.54, 1.807) is 37.7 Å². The van der Waals surface area contributed by atoms with Crippen molar-refractivity contribution in [2.24, 2.45) is 0 Å². The summed E-state index contributed by atoms with van der Waals surface area (Å²) in [6.07, 6.45) is 3.20. The maximum absolute atomic E-state index is 5.92. The third-order valence-electron chi connectivity index (χ3n) is 4.87. The van der Waals surface area contributed by atoms with Crippen LogP contribution in [0.2, 0.25) is 0 Å². The van der Waals surface area contributed by atoms with E-state index in [1.165, 1.54) is 0 Å². The van der Waals surface area contributed by atoms with Crippen molar-refractivity contribution in [1.29, 1.82) is 0 Å². The average molecular weight is 444 g/mol. The highest BCUT2D eigenvalue weighted by Gasteiger charge is 2.09. The van der Waals surface area contributed by atoms with E-state index in [0.717, 1.165) is 22.6 Å². The minimum absolute atomic E-state index is 0.623. The van der Waals surface area contributed by atoms with E-state index in [0.29, 0.717) is 34.4 Å². The first-order chi connectivity index (χ1) is 16.0. The first-order valence-electron chi connectivity index (χ1n) is 10.3. The van der Waals surface area contributed by atoms with Gasteiger partial charge in [-0.2, -0.15) is 20.4 Å². The number of hydrazine groups is 1. The lowest BCUT2D eigenvalue weighted by Gasteiger charge is -2.17. The van der Waals surface area contributed by atoms with Gasteiger partial charge in [-0.3, -0.25) is 5.43 Å². The van der Waals surface area contributed by atoms with E-state index in [2.05, 4.69) is 31.2 Å². The molecule has 9 heteroatoms. The Morgan fingerprint density at radius 1 is 0.636 bits per heavy atom. The molecule has 0 atom stereocenters. The molecule has 168 valence electrons. The van der Waals surface area contributed by atoms with Crippen molar-refractivity contribution in [3.05, 3.63) is 77.9 Å². The Morgan fingerprint density at radius 2 is 1.18 bits per heavy atom. The summed E-state index contributed by atoms with van der Waals surface area (Å²) < 4.78 is 17.4. The molecule has 0 unspecified atom stereocenters. The number of ether oxygens (including phenoxy) is 3. The Hall–Kier alpha value is -4.40. The molecule has 4 aromatic rings. The van der Waals surface area contributed by atoms with Crippen molar-refractivity contribution in [3.8, 4) is 28.7 Å². The van der Waals surface area contributed by atoms with Crippen LogP contribution in [-0.4, -0.2) is 27.5 Å². The molecule has 2 aromatic heterocycles. The van der Waals surface area contributed by atoms with E-state index >= 15 is 0 Å². The molecule has 0 aliphatic heterocycles.